The van der Waals surface area contributed by atoms with E-state index in [9.17, 15) is 0 Å². The Morgan fingerprint density at radius 1 is 0.808 bits per heavy atom. The van der Waals surface area contributed by atoms with Crippen LogP contribution in [-0.2, 0) is 0 Å². The molecule has 26 heavy (non-hydrogen) atoms. The van der Waals surface area contributed by atoms with Crippen molar-refractivity contribution in [3.8, 4) is 0 Å². The quantitative estimate of drug-likeness (QED) is 0.566. The minimum absolute atomic E-state index is 0.275. The summed E-state index contributed by atoms with van der Waals surface area (Å²) in [5, 5.41) is 0. The van der Waals surface area contributed by atoms with E-state index in [0.29, 0.717) is 0 Å². The summed E-state index contributed by atoms with van der Waals surface area (Å²) in [5.41, 5.74) is 7.19. The van der Waals surface area contributed by atoms with Crippen molar-refractivity contribution in [2.75, 3.05) is 9.80 Å². The van der Waals surface area contributed by atoms with E-state index in [1.54, 1.807) is 0 Å². The van der Waals surface area contributed by atoms with Crippen molar-refractivity contribution >= 4 is 22.9 Å². The second-order valence-electron chi connectivity index (χ2n) is 7.57. The van der Waals surface area contributed by atoms with Gasteiger partial charge < -0.3 is 9.80 Å². The normalized spacial score (nSPS) is 15.3. The number of pyridine rings is 1. The zero-order valence-electron chi connectivity index (χ0n) is 16.1. The molecular weight excluding hydrogens is 318 g/mol. The monoisotopic (exact) mass is 343 g/mol. The van der Waals surface area contributed by atoms with E-state index in [2.05, 4.69) is 92.9 Å². The standard InChI is InChI=1S/C23H25N3/c1-16-14-17(2)18(3)21(15-16)26-20-12-9-13-24-22(20)25(23(26,4)5)19-10-7-6-8-11-19/h6-15H,1-5H3. The van der Waals surface area contributed by atoms with Crippen molar-refractivity contribution < 1.29 is 0 Å². The van der Waals surface area contributed by atoms with Gasteiger partial charge in [-0.15, -0.1) is 0 Å². The van der Waals surface area contributed by atoms with Crippen LogP contribution in [0.1, 0.15) is 30.5 Å². The summed E-state index contributed by atoms with van der Waals surface area (Å²) in [6.07, 6.45) is 1.88. The maximum absolute atomic E-state index is 4.75. The van der Waals surface area contributed by atoms with Crippen molar-refractivity contribution in [2.45, 2.75) is 40.3 Å². The Kier molecular flexibility index (Phi) is 3.76. The fourth-order valence-electron chi connectivity index (χ4n) is 4.08. The van der Waals surface area contributed by atoms with Crippen LogP contribution >= 0.6 is 0 Å². The lowest BCUT2D eigenvalue weighted by atomic mass is 10.0. The van der Waals surface area contributed by atoms with E-state index in [4.69, 9.17) is 4.98 Å². The van der Waals surface area contributed by atoms with Gasteiger partial charge in [-0.1, -0.05) is 24.3 Å². The molecule has 2 aromatic carbocycles. The third kappa shape index (κ3) is 2.38. The number of nitrogens with zero attached hydrogens (tertiary/aromatic N) is 3. The van der Waals surface area contributed by atoms with E-state index in [1.165, 1.54) is 22.4 Å². The van der Waals surface area contributed by atoms with Gasteiger partial charge in [0.15, 0.2) is 5.82 Å². The number of fused-ring (bicyclic) bond motifs is 1. The predicted octanol–water partition coefficient (Wildman–Crippen LogP) is 6.03. The SMILES string of the molecule is Cc1cc(C)c(C)c(N2c3cccnc3N(c3ccccc3)C2(C)C)c1. The molecule has 4 rings (SSSR count). The average Bonchev–Trinajstić information content (AvgIpc) is 2.85. The Morgan fingerprint density at radius 3 is 2.27 bits per heavy atom. The van der Waals surface area contributed by atoms with Crippen molar-refractivity contribution in [1.82, 2.24) is 4.98 Å². The van der Waals surface area contributed by atoms with Crippen molar-refractivity contribution in [1.29, 1.82) is 0 Å². The highest BCUT2D eigenvalue weighted by Gasteiger charge is 2.45. The summed E-state index contributed by atoms with van der Waals surface area (Å²) < 4.78 is 0. The molecule has 0 radical (unpaired) electrons. The number of aryl methyl sites for hydroxylation is 2. The predicted molar refractivity (Wildman–Crippen MR) is 110 cm³/mol. The van der Waals surface area contributed by atoms with Gasteiger partial charge in [0.25, 0.3) is 0 Å². The molecule has 0 bridgehead atoms. The fourth-order valence-corrected chi connectivity index (χ4v) is 4.08. The molecule has 0 spiro atoms. The van der Waals surface area contributed by atoms with Gasteiger partial charge in [-0.2, -0.15) is 0 Å². The number of anilines is 4. The van der Waals surface area contributed by atoms with Gasteiger partial charge in [-0.05, 0) is 81.6 Å². The van der Waals surface area contributed by atoms with E-state index >= 15 is 0 Å². The van der Waals surface area contributed by atoms with Gasteiger partial charge in [0.2, 0.25) is 0 Å². The van der Waals surface area contributed by atoms with Crippen LogP contribution in [0.3, 0.4) is 0 Å². The van der Waals surface area contributed by atoms with E-state index in [0.717, 1.165) is 17.2 Å². The molecule has 0 unspecified atom stereocenters. The Balaban J connectivity index is 1.98. The lowest BCUT2D eigenvalue weighted by Gasteiger charge is -2.41. The maximum atomic E-state index is 4.75. The summed E-state index contributed by atoms with van der Waals surface area (Å²) in [7, 11) is 0. The maximum Gasteiger partial charge on any atom is 0.159 e. The Labute approximate surface area is 155 Å². The third-order valence-electron chi connectivity index (χ3n) is 5.35. The van der Waals surface area contributed by atoms with Gasteiger partial charge >= 0.3 is 0 Å². The van der Waals surface area contributed by atoms with Gasteiger partial charge in [0.05, 0.1) is 5.69 Å². The smallest absolute Gasteiger partial charge is 0.159 e. The highest BCUT2D eigenvalue weighted by atomic mass is 15.5. The van der Waals surface area contributed by atoms with Gasteiger partial charge in [-0.3, -0.25) is 0 Å². The van der Waals surface area contributed by atoms with Crippen molar-refractivity contribution in [3.05, 3.63) is 77.5 Å². The summed E-state index contributed by atoms with van der Waals surface area (Å²) in [6, 6.07) is 19.3. The van der Waals surface area contributed by atoms with Crippen LogP contribution in [0.25, 0.3) is 0 Å². The molecule has 1 aromatic heterocycles. The Hall–Kier alpha value is -2.81. The van der Waals surface area contributed by atoms with Gasteiger partial charge in [0.1, 0.15) is 5.66 Å². The topological polar surface area (TPSA) is 19.4 Å². The fraction of sp³-hybridized carbons (Fsp3) is 0.261. The van der Waals surface area contributed by atoms with E-state index in [1.807, 2.05) is 12.3 Å². The first-order valence-electron chi connectivity index (χ1n) is 9.09. The number of benzene rings is 2. The van der Waals surface area contributed by atoms with Gasteiger partial charge in [-0.25, -0.2) is 4.98 Å². The molecule has 3 nitrogen and oxygen atoms in total. The van der Waals surface area contributed by atoms with Crippen LogP contribution in [0.4, 0.5) is 22.9 Å². The molecule has 2 heterocycles. The molecular formula is C23H25N3. The van der Waals surface area contributed by atoms with E-state index in [-0.39, 0.29) is 5.66 Å². The molecule has 0 saturated carbocycles. The molecule has 0 aliphatic carbocycles. The molecule has 1 aliphatic heterocycles. The first-order valence-corrected chi connectivity index (χ1v) is 9.09. The van der Waals surface area contributed by atoms with Crippen LogP contribution in [0.2, 0.25) is 0 Å². The number of hydrogen-bond donors (Lipinski definition) is 0. The van der Waals surface area contributed by atoms with Crippen LogP contribution in [0.5, 0.6) is 0 Å². The molecule has 0 saturated heterocycles. The third-order valence-corrected chi connectivity index (χ3v) is 5.35. The van der Waals surface area contributed by atoms with Crippen LogP contribution < -0.4 is 9.80 Å². The molecule has 0 amide bonds. The number of aromatic nitrogens is 1. The molecule has 3 aromatic rings. The molecule has 3 heteroatoms. The largest absolute Gasteiger partial charge is 0.314 e. The second-order valence-corrected chi connectivity index (χ2v) is 7.57. The molecule has 0 N–H and O–H groups in total. The zero-order chi connectivity index (χ0) is 18.5. The van der Waals surface area contributed by atoms with Crippen molar-refractivity contribution in [3.63, 3.8) is 0 Å². The minimum atomic E-state index is -0.275. The molecule has 0 fully saturated rings. The molecule has 132 valence electrons. The second kappa shape index (κ2) is 5.87. The van der Waals surface area contributed by atoms with Crippen molar-refractivity contribution in [2.24, 2.45) is 0 Å². The van der Waals surface area contributed by atoms with Crippen LogP contribution in [0, 0.1) is 20.8 Å². The summed E-state index contributed by atoms with van der Waals surface area (Å²) in [6.45, 7) is 11.1. The highest BCUT2D eigenvalue weighted by Crippen LogP contribution is 2.52. The first-order chi connectivity index (χ1) is 12.4. The van der Waals surface area contributed by atoms with Crippen LogP contribution in [0.15, 0.2) is 60.8 Å². The number of hydrogen-bond acceptors (Lipinski definition) is 3. The Morgan fingerprint density at radius 2 is 1.54 bits per heavy atom. The highest BCUT2D eigenvalue weighted by molar-refractivity contribution is 5.88. The average molecular weight is 343 g/mol. The van der Waals surface area contributed by atoms with Gasteiger partial charge in [0, 0.05) is 17.6 Å². The zero-order valence-corrected chi connectivity index (χ0v) is 16.1. The first kappa shape index (κ1) is 16.6. The molecule has 1 aliphatic rings. The summed E-state index contributed by atoms with van der Waals surface area (Å²) >= 11 is 0. The number of para-hydroxylation sites is 1. The molecule has 0 atom stereocenters. The minimum Gasteiger partial charge on any atom is -0.314 e. The summed E-state index contributed by atoms with van der Waals surface area (Å²) in [4.78, 5) is 9.51. The lowest BCUT2D eigenvalue weighted by molar-refractivity contribution is 0.537. The lowest BCUT2D eigenvalue weighted by Crippen LogP contribution is -2.48. The van der Waals surface area contributed by atoms with Crippen LogP contribution in [-0.4, -0.2) is 10.6 Å². The Bertz CT molecular complexity index is 960. The van der Waals surface area contributed by atoms with E-state index < -0.39 is 0 Å². The number of rotatable bonds is 2. The summed E-state index contributed by atoms with van der Waals surface area (Å²) in [5.74, 6) is 1.00.